The Labute approximate surface area is 325 Å². The molecule has 0 atom stereocenters. The Morgan fingerprint density at radius 1 is 0.214 bits per heavy atom. The average Bonchev–Trinajstić information content (AvgIpc) is 3.79. The highest BCUT2D eigenvalue weighted by Crippen LogP contribution is 2.41. The van der Waals surface area contributed by atoms with Crippen LogP contribution in [0.2, 0.25) is 0 Å². The van der Waals surface area contributed by atoms with Crippen LogP contribution in [0.5, 0.6) is 0 Å². The van der Waals surface area contributed by atoms with E-state index in [2.05, 4.69) is 228 Å². The third kappa shape index (κ3) is 5.26. The van der Waals surface area contributed by atoms with Crippen LogP contribution in [-0.4, -0.2) is 9.13 Å². The minimum absolute atomic E-state index is 1.15. The molecular weight excluding hydrogens is 677 g/mol. The highest BCUT2D eigenvalue weighted by molar-refractivity contribution is 6.12. The van der Waals surface area contributed by atoms with Gasteiger partial charge in [-0.15, -0.1) is 0 Å². The minimum atomic E-state index is 1.15. The summed E-state index contributed by atoms with van der Waals surface area (Å²) >= 11 is 0. The summed E-state index contributed by atoms with van der Waals surface area (Å²) in [6.45, 7) is 0. The number of para-hydroxylation sites is 2. The third-order valence-corrected chi connectivity index (χ3v) is 11.3. The van der Waals surface area contributed by atoms with Crippen molar-refractivity contribution in [1.82, 2.24) is 9.13 Å². The fraction of sp³-hybridized carbons (Fsp3) is 0. The first-order valence-electron chi connectivity index (χ1n) is 19.3. The first-order valence-corrected chi connectivity index (χ1v) is 19.3. The molecule has 11 aromatic rings. The van der Waals surface area contributed by atoms with E-state index < -0.39 is 0 Å². The maximum atomic E-state index is 2.43. The van der Waals surface area contributed by atoms with Gasteiger partial charge in [-0.05, 0) is 93.0 Å². The summed E-state index contributed by atoms with van der Waals surface area (Å²) < 4.78 is 4.86. The predicted octanol–water partition coefficient (Wildman–Crippen LogP) is 14.5. The molecule has 0 aliphatic carbocycles. The quantitative estimate of drug-likeness (QED) is 0.162. The van der Waals surface area contributed by atoms with Crippen LogP contribution in [0.15, 0.2) is 218 Å². The Morgan fingerprint density at radius 3 is 1.05 bits per heavy atom. The summed E-state index contributed by atoms with van der Waals surface area (Å²) in [5.41, 5.74) is 16.7. The number of hydrogen-bond acceptors (Lipinski definition) is 0. The van der Waals surface area contributed by atoms with Crippen LogP contribution in [0.3, 0.4) is 0 Å². The highest BCUT2D eigenvalue weighted by atomic mass is 15.0. The van der Waals surface area contributed by atoms with E-state index in [1.807, 2.05) is 0 Å². The van der Waals surface area contributed by atoms with Crippen molar-refractivity contribution in [3.8, 4) is 55.9 Å². The van der Waals surface area contributed by atoms with Crippen LogP contribution in [0.1, 0.15) is 0 Å². The summed E-state index contributed by atoms with van der Waals surface area (Å²) in [6.07, 6.45) is 0. The van der Waals surface area contributed by atoms with Gasteiger partial charge in [0.15, 0.2) is 0 Å². The maximum Gasteiger partial charge on any atom is 0.0547 e. The molecule has 9 aromatic carbocycles. The lowest BCUT2D eigenvalue weighted by molar-refractivity contribution is 1.18. The normalized spacial score (nSPS) is 11.6. The summed E-state index contributed by atoms with van der Waals surface area (Å²) in [5.74, 6) is 0. The van der Waals surface area contributed by atoms with Crippen LogP contribution in [0.4, 0.5) is 0 Å². The lowest BCUT2D eigenvalue weighted by Gasteiger charge is -2.14. The molecule has 0 radical (unpaired) electrons. The van der Waals surface area contributed by atoms with Crippen LogP contribution < -0.4 is 0 Å². The van der Waals surface area contributed by atoms with Gasteiger partial charge in [-0.1, -0.05) is 170 Å². The number of nitrogens with zero attached hydrogens (tertiary/aromatic N) is 2. The Bertz CT molecular complexity index is 3020. The first-order chi connectivity index (χ1) is 27.8. The number of fused-ring (bicyclic) bond motifs is 6. The van der Waals surface area contributed by atoms with E-state index in [9.17, 15) is 0 Å². The highest BCUT2D eigenvalue weighted by Gasteiger charge is 2.18. The van der Waals surface area contributed by atoms with Crippen molar-refractivity contribution in [1.29, 1.82) is 0 Å². The average molecular weight is 713 g/mol. The first kappa shape index (κ1) is 32.0. The van der Waals surface area contributed by atoms with Crippen molar-refractivity contribution >= 4 is 43.6 Å². The van der Waals surface area contributed by atoms with E-state index in [1.165, 1.54) is 88.1 Å². The van der Waals surface area contributed by atoms with Gasteiger partial charge in [-0.25, -0.2) is 0 Å². The van der Waals surface area contributed by atoms with Crippen molar-refractivity contribution in [2.45, 2.75) is 0 Å². The fourth-order valence-electron chi connectivity index (χ4n) is 8.73. The van der Waals surface area contributed by atoms with Crippen molar-refractivity contribution in [3.05, 3.63) is 218 Å². The van der Waals surface area contributed by atoms with Crippen LogP contribution in [0.25, 0.3) is 99.5 Å². The molecule has 0 saturated carbocycles. The second-order valence-corrected chi connectivity index (χ2v) is 14.5. The van der Waals surface area contributed by atoms with Gasteiger partial charge in [0.1, 0.15) is 0 Å². The van der Waals surface area contributed by atoms with Crippen molar-refractivity contribution < 1.29 is 0 Å². The molecule has 0 aliphatic rings. The van der Waals surface area contributed by atoms with Gasteiger partial charge in [-0.3, -0.25) is 0 Å². The van der Waals surface area contributed by atoms with Crippen molar-refractivity contribution in [3.63, 3.8) is 0 Å². The molecule has 56 heavy (non-hydrogen) atoms. The SMILES string of the molecule is c1ccc(-c2cccc(-n3c4ccccc4c4ccc(-c5ccccc5-c5ccc6c7ccccc7n(-c7cccc(-c8ccccc8)c7)c6c5)cc43)c2)cc1. The molecule has 0 amide bonds. The molecule has 2 nitrogen and oxygen atoms in total. The van der Waals surface area contributed by atoms with Gasteiger partial charge >= 0.3 is 0 Å². The Kier molecular flexibility index (Phi) is 7.53. The molecule has 2 heteroatoms. The molecular formula is C54H36N2. The molecule has 0 N–H and O–H groups in total. The van der Waals surface area contributed by atoms with Crippen LogP contribution >= 0.6 is 0 Å². The Morgan fingerprint density at radius 2 is 0.589 bits per heavy atom. The van der Waals surface area contributed by atoms with Gasteiger partial charge in [0.2, 0.25) is 0 Å². The summed E-state index contributed by atoms with van der Waals surface area (Å²) in [6, 6.07) is 79.4. The molecule has 0 saturated heterocycles. The zero-order valence-electron chi connectivity index (χ0n) is 30.7. The number of rotatable bonds is 6. The van der Waals surface area contributed by atoms with Gasteiger partial charge in [-0.2, -0.15) is 0 Å². The van der Waals surface area contributed by atoms with Gasteiger partial charge < -0.3 is 9.13 Å². The number of aromatic nitrogens is 2. The van der Waals surface area contributed by atoms with E-state index in [1.54, 1.807) is 0 Å². The topological polar surface area (TPSA) is 9.86 Å². The van der Waals surface area contributed by atoms with Crippen molar-refractivity contribution in [2.75, 3.05) is 0 Å². The molecule has 0 bridgehead atoms. The maximum absolute atomic E-state index is 2.43. The Hall–Kier alpha value is -7.42. The van der Waals surface area contributed by atoms with Gasteiger partial charge in [0.25, 0.3) is 0 Å². The predicted molar refractivity (Wildman–Crippen MR) is 237 cm³/mol. The zero-order valence-corrected chi connectivity index (χ0v) is 30.7. The fourth-order valence-corrected chi connectivity index (χ4v) is 8.73. The van der Waals surface area contributed by atoms with Gasteiger partial charge in [0.05, 0.1) is 22.1 Å². The summed E-state index contributed by atoms with van der Waals surface area (Å²) in [7, 11) is 0. The molecule has 0 unspecified atom stereocenters. The number of hydrogen-bond donors (Lipinski definition) is 0. The Balaban J connectivity index is 1.08. The summed E-state index contributed by atoms with van der Waals surface area (Å²) in [5, 5.41) is 5.00. The smallest absolute Gasteiger partial charge is 0.0547 e. The van der Waals surface area contributed by atoms with Crippen LogP contribution in [0, 0.1) is 0 Å². The molecule has 0 aliphatic heterocycles. The second-order valence-electron chi connectivity index (χ2n) is 14.5. The molecule has 2 heterocycles. The molecule has 2 aromatic heterocycles. The largest absolute Gasteiger partial charge is 0.309 e. The molecule has 0 fully saturated rings. The standard InChI is InChI=1S/C54H36N2/c1-3-15-37(16-4-1)39-19-13-21-43(33-39)55-51-27-11-9-25-47(51)49-31-29-41(35-53(49)55)45-23-7-8-24-46(45)42-30-32-50-48-26-10-12-28-52(48)56(54(50)36-42)44-22-14-20-40(34-44)38-17-5-2-6-18-38/h1-36H. The van der Waals surface area contributed by atoms with E-state index in [0.29, 0.717) is 0 Å². The zero-order chi connectivity index (χ0) is 37.0. The van der Waals surface area contributed by atoms with E-state index in [-0.39, 0.29) is 0 Å². The molecule has 0 spiro atoms. The summed E-state index contributed by atoms with van der Waals surface area (Å²) in [4.78, 5) is 0. The minimum Gasteiger partial charge on any atom is -0.309 e. The van der Waals surface area contributed by atoms with E-state index >= 15 is 0 Å². The lowest BCUT2D eigenvalue weighted by atomic mass is 9.93. The molecule has 262 valence electrons. The van der Waals surface area contributed by atoms with Gasteiger partial charge in [0, 0.05) is 32.9 Å². The van der Waals surface area contributed by atoms with Crippen molar-refractivity contribution in [2.24, 2.45) is 0 Å². The van der Waals surface area contributed by atoms with E-state index in [4.69, 9.17) is 0 Å². The second kappa shape index (κ2) is 13.2. The third-order valence-electron chi connectivity index (χ3n) is 11.3. The lowest BCUT2D eigenvalue weighted by Crippen LogP contribution is -1.95. The number of benzene rings is 9. The van der Waals surface area contributed by atoms with Crippen LogP contribution in [-0.2, 0) is 0 Å². The molecule has 11 rings (SSSR count). The monoisotopic (exact) mass is 712 g/mol. The van der Waals surface area contributed by atoms with E-state index in [0.717, 1.165) is 11.4 Å².